The molecule has 1 unspecified atom stereocenters. The van der Waals surface area contributed by atoms with Gasteiger partial charge in [0.25, 0.3) is 0 Å². The number of carboxylic acids is 1. The third kappa shape index (κ3) is 3.57. The number of benzene rings is 2. The van der Waals surface area contributed by atoms with Crippen LogP contribution in [0, 0.1) is 11.3 Å². The predicted octanol–water partition coefficient (Wildman–Crippen LogP) is 4.84. The molecule has 0 spiro atoms. The molecule has 2 aromatic rings. The van der Waals surface area contributed by atoms with Crippen LogP contribution in [0.1, 0.15) is 25.8 Å². The lowest BCUT2D eigenvalue weighted by molar-refractivity contribution is -0.131. The van der Waals surface area contributed by atoms with Gasteiger partial charge >= 0.3 is 5.97 Å². The van der Waals surface area contributed by atoms with Gasteiger partial charge < -0.3 is 9.83 Å². The van der Waals surface area contributed by atoms with Crippen molar-refractivity contribution in [3.63, 3.8) is 0 Å². The zero-order valence-corrected chi connectivity index (χ0v) is 17.3. The number of carbonyl (C=O) groups is 2. The van der Waals surface area contributed by atoms with Crippen molar-refractivity contribution in [2.24, 2.45) is 0 Å². The van der Waals surface area contributed by atoms with E-state index in [0.29, 0.717) is 28.0 Å². The molecule has 0 bridgehead atoms. The fraction of sp³-hybridized carbons (Fsp3) is 0.174. The van der Waals surface area contributed by atoms with Crippen LogP contribution in [-0.4, -0.2) is 23.2 Å². The van der Waals surface area contributed by atoms with Crippen LogP contribution in [0.3, 0.4) is 0 Å². The first-order chi connectivity index (χ1) is 13.8. The number of nitrogens with zero attached hydrogens (tertiary/aromatic N) is 1. The van der Waals surface area contributed by atoms with E-state index in [1.807, 2.05) is 61.5 Å². The summed E-state index contributed by atoms with van der Waals surface area (Å²) in [6.45, 7) is 3.24. The van der Waals surface area contributed by atoms with E-state index in [-0.39, 0.29) is 10.8 Å². The highest BCUT2D eigenvalue weighted by Crippen LogP contribution is 2.66. The molecule has 0 radical (unpaired) electrons. The third-order valence-electron chi connectivity index (χ3n) is 4.91. The maximum Gasteiger partial charge on any atom is 0.343 e. The molecule has 0 fully saturated rings. The molecule has 6 heteroatoms. The molecule has 2 N–H and O–H groups in total. The summed E-state index contributed by atoms with van der Waals surface area (Å²) in [6.07, 6.45) is 2.22. The standard InChI is InChI=1S/C23H22N2O3S/c1-4-20-19(14-24)21(22(23(27)28)29(20,3)25-15(2)26)18-12-10-17(11-13-18)16-8-6-5-7-9-16/h5-13H,4H2,1-3H3,(H,25,26)(H,27,28). The van der Waals surface area contributed by atoms with Gasteiger partial charge in [-0.1, -0.05) is 61.5 Å². The second-order valence-electron chi connectivity index (χ2n) is 6.79. The number of nitriles is 1. The summed E-state index contributed by atoms with van der Waals surface area (Å²) in [6, 6.07) is 19.6. The molecule has 0 saturated heterocycles. The number of carbonyl (C=O) groups excluding carboxylic acids is 1. The Morgan fingerprint density at radius 2 is 1.59 bits per heavy atom. The van der Waals surface area contributed by atoms with Crippen LogP contribution >= 0.6 is 10.2 Å². The van der Waals surface area contributed by atoms with Gasteiger partial charge in [0.05, 0.1) is 5.57 Å². The SMILES string of the molecule is CCC1=C(C#N)C(c2ccc(-c3ccccc3)cc2)=C(C(=O)O)S1(C)NC(C)=O. The number of allylic oxidation sites excluding steroid dienone is 3. The molecule has 0 saturated carbocycles. The van der Waals surface area contributed by atoms with E-state index in [1.165, 1.54) is 6.92 Å². The van der Waals surface area contributed by atoms with Crippen molar-refractivity contribution in [3.05, 3.63) is 75.5 Å². The van der Waals surface area contributed by atoms with Crippen molar-refractivity contribution in [3.8, 4) is 17.2 Å². The Morgan fingerprint density at radius 1 is 1.03 bits per heavy atom. The minimum Gasteiger partial charge on any atom is -0.477 e. The molecule has 1 amide bonds. The van der Waals surface area contributed by atoms with Gasteiger partial charge in [-0.15, -0.1) is 10.2 Å². The Morgan fingerprint density at radius 3 is 2.07 bits per heavy atom. The first kappa shape index (κ1) is 20.4. The first-order valence-electron chi connectivity index (χ1n) is 9.17. The highest BCUT2D eigenvalue weighted by molar-refractivity contribution is 8.39. The van der Waals surface area contributed by atoms with Gasteiger partial charge in [0.1, 0.15) is 11.0 Å². The molecule has 0 aromatic heterocycles. The van der Waals surface area contributed by atoms with E-state index in [4.69, 9.17) is 0 Å². The summed E-state index contributed by atoms with van der Waals surface area (Å²) in [5, 5.41) is 19.9. The van der Waals surface area contributed by atoms with Crippen LogP contribution in [0.5, 0.6) is 0 Å². The summed E-state index contributed by atoms with van der Waals surface area (Å²) >= 11 is 0. The molecule has 3 rings (SSSR count). The molecule has 1 atom stereocenters. The van der Waals surface area contributed by atoms with Gasteiger partial charge in [0, 0.05) is 17.4 Å². The lowest BCUT2D eigenvalue weighted by atomic mass is 9.95. The summed E-state index contributed by atoms with van der Waals surface area (Å²) < 4.78 is 2.85. The van der Waals surface area contributed by atoms with E-state index >= 15 is 0 Å². The number of hydrogen-bond acceptors (Lipinski definition) is 3. The molecule has 1 aliphatic rings. The monoisotopic (exact) mass is 406 g/mol. The van der Waals surface area contributed by atoms with E-state index in [0.717, 1.165) is 11.1 Å². The first-order valence-corrected chi connectivity index (χ1v) is 11.2. The van der Waals surface area contributed by atoms with Crippen LogP contribution in [0.4, 0.5) is 0 Å². The lowest BCUT2D eigenvalue weighted by Gasteiger charge is -2.36. The van der Waals surface area contributed by atoms with Crippen molar-refractivity contribution in [1.82, 2.24) is 4.72 Å². The Kier molecular flexibility index (Phi) is 5.62. The average Bonchev–Trinajstić information content (AvgIpc) is 2.95. The molecule has 1 aliphatic heterocycles. The van der Waals surface area contributed by atoms with Crippen molar-refractivity contribution < 1.29 is 14.7 Å². The normalized spacial score (nSPS) is 20.8. The van der Waals surface area contributed by atoms with Gasteiger partial charge in [-0.05, 0) is 29.4 Å². The fourth-order valence-electron chi connectivity index (χ4n) is 3.79. The number of amides is 1. The second kappa shape index (κ2) is 7.98. The molecular formula is C23H22N2O3S. The second-order valence-corrected chi connectivity index (χ2v) is 9.74. The molecule has 148 valence electrons. The van der Waals surface area contributed by atoms with Crippen molar-refractivity contribution >= 4 is 27.7 Å². The molecule has 29 heavy (non-hydrogen) atoms. The average molecular weight is 407 g/mol. The molecule has 1 heterocycles. The fourth-order valence-corrected chi connectivity index (χ4v) is 6.94. The van der Waals surface area contributed by atoms with Gasteiger partial charge in [0.2, 0.25) is 5.91 Å². The smallest absolute Gasteiger partial charge is 0.343 e. The zero-order chi connectivity index (χ0) is 21.2. The van der Waals surface area contributed by atoms with E-state index in [2.05, 4.69) is 10.8 Å². The van der Waals surface area contributed by atoms with E-state index in [9.17, 15) is 20.0 Å². The predicted molar refractivity (Wildman–Crippen MR) is 117 cm³/mol. The molecule has 5 nitrogen and oxygen atoms in total. The number of nitrogens with one attached hydrogen (secondary N) is 1. The number of carboxylic acid groups (broad SMARTS) is 1. The number of aliphatic carboxylic acids is 1. The maximum absolute atomic E-state index is 12.3. The Labute approximate surface area is 171 Å². The minimum atomic E-state index is -2.32. The largest absolute Gasteiger partial charge is 0.477 e. The zero-order valence-electron chi connectivity index (χ0n) is 16.5. The Hall–Kier alpha value is -3.30. The van der Waals surface area contributed by atoms with Crippen LogP contribution in [0.25, 0.3) is 16.7 Å². The van der Waals surface area contributed by atoms with Crippen LogP contribution < -0.4 is 4.72 Å². The minimum absolute atomic E-state index is 0.105. The van der Waals surface area contributed by atoms with Crippen molar-refractivity contribution in [1.29, 1.82) is 5.26 Å². The topological polar surface area (TPSA) is 90.2 Å². The Balaban J connectivity index is 2.21. The van der Waals surface area contributed by atoms with Crippen LogP contribution in [-0.2, 0) is 9.59 Å². The van der Waals surface area contributed by atoms with Gasteiger partial charge in [-0.3, -0.25) is 4.79 Å². The summed E-state index contributed by atoms with van der Waals surface area (Å²) in [5.74, 6) is -1.43. The summed E-state index contributed by atoms with van der Waals surface area (Å²) in [7, 11) is -2.32. The van der Waals surface area contributed by atoms with E-state index < -0.39 is 16.2 Å². The van der Waals surface area contributed by atoms with Crippen LogP contribution in [0.15, 0.2) is 70.0 Å². The van der Waals surface area contributed by atoms with Gasteiger partial charge in [0.15, 0.2) is 0 Å². The third-order valence-corrected chi connectivity index (χ3v) is 8.28. The van der Waals surface area contributed by atoms with Crippen molar-refractivity contribution in [2.75, 3.05) is 6.26 Å². The molecule has 2 aromatic carbocycles. The highest BCUT2D eigenvalue weighted by Gasteiger charge is 2.43. The summed E-state index contributed by atoms with van der Waals surface area (Å²) in [4.78, 5) is 24.9. The number of hydrogen-bond donors (Lipinski definition) is 2. The quantitative estimate of drug-likeness (QED) is 0.744. The van der Waals surface area contributed by atoms with Gasteiger partial charge in [-0.2, -0.15) is 5.26 Å². The van der Waals surface area contributed by atoms with Gasteiger partial charge in [-0.25, -0.2) is 4.79 Å². The van der Waals surface area contributed by atoms with E-state index in [1.54, 1.807) is 6.26 Å². The lowest BCUT2D eigenvalue weighted by Crippen LogP contribution is -2.28. The highest BCUT2D eigenvalue weighted by atomic mass is 32.3. The number of rotatable bonds is 5. The van der Waals surface area contributed by atoms with Crippen molar-refractivity contribution in [2.45, 2.75) is 20.3 Å². The molecule has 0 aliphatic carbocycles. The summed E-state index contributed by atoms with van der Waals surface area (Å²) in [5.41, 5.74) is 3.47. The maximum atomic E-state index is 12.3. The molecular weight excluding hydrogens is 384 g/mol. The van der Waals surface area contributed by atoms with Crippen LogP contribution in [0.2, 0.25) is 0 Å². The Bertz CT molecular complexity index is 1080.